The molecular formula is C13H17F3N2O. The molecular weight excluding hydrogens is 257 g/mol. The highest BCUT2D eigenvalue weighted by molar-refractivity contribution is 5.94. The number of halogens is 3. The summed E-state index contributed by atoms with van der Waals surface area (Å²) in [6, 6.07) is 5.59. The second-order valence-corrected chi connectivity index (χ2v) is 4.52. The predicted molar refractivity (Wildman–Crippen MR) is 68.3 cm³/mol. The van der Waals surface area contributed by atoms with Crippen LogP contribution in [0.4, 0.5) is 18.9 Å². The standard InChI is InChI=1S/C13H17F3N2O/c1-9-4-10(2)6-11(5-9)18(3)12(19)7-17-8-13(14,15)16/h4-6,17H,7-8H2,1-3H3. The molecule has 0 saturated heterocycles. The van der Waals surface area contributed by atoms with Crippen molar-refractivity contribution >= 4 is 11.6 Å². The van der Waals surface area contributed by atoms with E-state index in [1.54, 1.807) is 7.05 Å². The van der Waals surface area contributed by atoms with Gasteiger partial charge in [0.15, 0.2) is 0 Å². The lowest BCUT2D eigenvalue weighted by atomic mass is 10.1. The Morgan fingerprint density at radius 1 is 1.21 bits per heavy atom. The fourth-order valence-electron chi connectivity index (χ4n) is 1.72. The van der Waals surface area contributed by atoms with Crippen LogP contribution in [0.2, 0.25) is 0 Å². The van der Waals surface area contributed by atoms with Gasteiger partial charge in [0.1, 0.15) is 0 Å². The van der Waals surface area contributed by atoms with Gasteiger partial charge < -0.3 is 10.2 Å². The molecule has 3 nitrogen and oxygen atoms in total. The van der Waals surface area contributed by atoms with E-state index in [2.05, 4.69) is 5.32 Å². The van der Waals surface area contributed by atoms with E-state index in [0.29, 0.717) is 5.69 Å². The van der Waals surface area contributed by atoms with Gasteiger partial charge in [-0.1, -0.05) is 6.07 Å². The van der Waals surface area contributed by atoms with Gasteiger partial charge in [0.05, 0.1) is 13.1 Å². The second-order valence-electron chi connectivity index (χ2n) is 4.52. The molecule has 0 atom stereocenters. The molecule has 0 heterocycles. The van der Waals surface area contributed by atoms with Gasteiger partial charge in [-0.3, -0.25) is 4.79 Å². The molecule has 0 fully saturated rings. The molecule has 0 aliphatic carbocycles. The van der Waals surface area contributed by atoms with Crippen LogP contribution < -0.4 is 10.2 Å². The number of hydrogen-bond acceptors (Lipinski definition) is 2. The van der Waals surface area contributed by atoms with Crippen LogP contribution in [-0.4, -0.2) is 32.2 Å². The number of hydrogen-bond donors (Lipinski definition) is 1. The number of nitrogens with zero attached hydrogens (tertiary/aromatic N) is 1. The van der Waals surface area contributed by atoms with Crippen LogP contribution in [0.25, 0.3) is 0 Å². The molecule has 0 saturated carbocycles. The lowest BCUT2D eigenvalue weighted by Crippen LogP contribution is -2.39. The van der Waals surface area contributed by atoms with Gasteiger partial charge in [-0.2, -0.15) is 13.2 Å². The van der Waals surface area contributed by atoms with Crippen molar-refractivity contribution < 1.29 is 18.0 Å². The number of nitrogens with one attached hydrogen (secondary N) is 1. The minimum atomic E-state index is -4.31. The fraction of sp³-hybridized carbons (Fsp3) is 0.462. The molecule has 0 aromatic heterocycles. The summed E-state index contributed by atoms with van der Waals surface area (Å²) in [4.78, 5) is 13.1. The van der Waals surface area contributed by atoms with Gasteiger partial charge in [0.25, 0.3) is 0 Å². The van der Waals surface area contributed by atoms with Crippen LogP contribution in [0.1, 0.15) is 11.1 Å². The number of aryl methyl sites for hydroxylation is 2. The Kier molecular flexibility index (Phi) is 4.94. The van der Waals surface area contributed by atoms with Gasteiger partial charge in [-0.15, -0.1) is 0 Å². The van der Waals surface area contributed by atoms with Gasteiger partial charge in [0.2, 0.25) is 5.91 Å². The molecule has 0 aliphatic rings. The fourth-order valence-corrected chi connectivity index (χ4v) is 1.72. The minimum absolute atomic E-state index is 0.344. The Balaban J connectivity index is 2.61. The summed E-state index contributed by atoms with van der Waals surface area (Å²) in [7, 11) is 1.55. The van der Waals surface area contributed by atoms with E-state index >= 15 is 0 Å². The van der Waals surface area contributed by atoms with Crippen molar-refractivity contribution in [2.24, 2.45) is 0 Å². The largest absolute Gasteiger partial charge is 0.401 e. The first-order valence-electron chi connectivity index (χ1n) is 5.81. The van der Waals surface area contributed by atoms with Crippen LogP contribution >= 0.6 is 0 Å². The second kappa shape index (κ2) is 6.06. The van der Waals surface area contributed by atoms with Gasteiger partial charge in [0, 0.05) is 12.7 Å². The van der Waals surface area contributed by atoms with Crippen LogP contribution in [0.3, 0.4) is 0 Å². The number of alkyl halides is 3. The Bertz CT molecular complexity index is 437. The summed E-state index contributed by atoms with van der Waals surface area (Å²) < 4.78 is 35.8. The van der Waals surface area contributed by atoms with Gasteiger partial charge in [-0.25, -0.2) is 0 Å². The third kappa shape index (κ3) is 5.30. The van der Waals surface area contributed by atoms with Gasteiger partial charge in [-0.05, 0) is 37.1 Å². The SMILES string of the molecule is Cc1cc(C)cc(N(C)C(=O)CNCC(F)(F)F)c1. The molecule has 1 aromatic carbocycles. The van der Waals surface area contributed by atoms with Crippen molar-refractivity contribution in [2.45, 2.75) is 20.0 Å². The topological polar surface area (TPSA) is 32.3 Å². The zero-order valence-electron chi connectivity index (χ0n) is 11.1. The lowest BCUT2D eigenvalue weighted by molar-refractivity contribution is -0.127. The number of rotatable bonds is 4. The summed E-state index contributed by atoms with van der Waals surface area (Å²) in [5, 5.41) is 2.09. The quantitative estimate of drug-likeness (QED) is 0.914. The minimum Gasteiger partial charge on any atom is -0.314 e. The van der Waals surface area contributed by atoms with Crippen LogP contribution in [0.5, 0.6) is 0 Å². The first kappa shape index (κ1) is 15.5. The number of likely N-dealkylation sites (N-methyl/N-ethyl adjacent to an activating group) is 1. The van der Waals surface area contributed by atoms with Crippen molar-refractivity contribution in [1.29, 1.82) is 0 Å². The van der Waals surface area contributed by atoms with E-state index < -0.39 is 18.6 Å². The first-order valence-corrected chi connectivity index (χ1v) is 5.81. The third-order valence-corrected chi connectivity index (χ3v) is 2.57. The predicted octanol–water partition coefficient (Wildman–Crippen LogP) is 2.42. The molecule has 19 heavy (non-hydrogen) atoms. The maximum Gasteiger partial charge on any atom is 0.401 e. The number of carbonyl (C=O) groups is 1. The van der Waals surface area contributed by atoms with Crippen LogP contribution in [0.15, 0.2) is 18.2 Å². The summed E-state index contributed by atoms with van der Waals surface area (Å²) in [6.45, 7) is 2.29. The third-order valence-electron chi connectivity index (χ3n) is 2.57. The number of benzene rings is 1. The number of amides is 1. The maximum absolute atomic E-state index is 11.9. The van der Waals surface area contributed by atoms with Crippen molar-refractivity contribution in [3.05, 3.63) is 29.3 Å². The Morgan fingerprint density at radius 2 is 1.74 bits per heavy atom. The average molecular weight is 274 g/mol. The Hall–Kier alpha value is -1.56. The van der Waals surface area contributed by atoms with E-state index in [0.717, 1.165) is 11.1 Å². The Labute approximate surface area is 110 Å². The molecule has 0 spiro atoms. The first-order chi connectivity index (χ1) is 8.69. The molecule has 1 rings (SSSR count). The average Bonchev–Trinajstić information content (AvgIpc) is 2.24. The van der Waals surface area contributed by atoms with E-state index in [1.807, 2.05) is 32.0 Å². The molecule has 1 amide bonds. The Morgan fingerprint density at radius 3 is 2.21 bits per heavy atom. The lowest BCUT2D eigenvalue weighted by Gasteiger charge is -2.19. The maximum atomic E-state index is 11.9. The summed E-state index contributed by atoms with van der Waals surface area (Å²) >= 11 is 0. The van der Waals surface area contributed by atoms with E-state index in [1.165, 1.54) is 4.90 Å². The zero-order valence-corrected chi connectivity index (χ0v) is 11.1. The highest BCUT2D eigenvalue weighted by atomic mass is 19.4. The number of carbonyl (C=O) groups excluding carboxylic acids is 1. The molecule has 1 N–H and O–H groups in total. The molecule has 0 bridgehead atoms. The molecule has 106 valence electrons. The monoisotopic (exact) mass is 274 g/mol. The van der Waals surface area contributed by atoms with Crippen LogP contribution in [-0.2, 0) is 4.79 Å². The molecule has 0 aliphatic heterocycles. The van der Waals surface area contributed by atoms with E-state index in [-0.39, 0.29) is 6.54 Å². The highest BCUT2D eigenvalue weighted by Crippen LogP contribution is 2.17. The van der Waals surface area contributed by atoms with E-state index in [4.69, 9.17) is 0 Å². The molecule has 0 radical (unpaired) electrons. The van der Waals surface area contributed by atoms with Crippen molar-refractivity contribution in [3.63, 3.8) is 0 Å². The molecule has 1 aromatic rings. The zero-order chi connectivity index (χ0) is 14.6. The van der Waals surface area contributed by atoms with Crippen molar-refractivity contribution in [1.82, 2.24) is 5.32 Å². The van der Waals surface area contributed by atoms with Crippen molar-refractivity contribution in [3.8, 4) is 0 Å². The highest BCUT2D eigenvalue weighted by Gasteiger charge is 2.26. The summed E-state index contributed by atoms with van der Waals surface area (Å²) in [5.41, 5.74) is 2.67. The van der Waals surface area contributed by atoms with Crippen molar-refractivity contribution in [2.75, 3.05) is 25.0 Å². The summed E-state index contributed by atoms with van der Waals surface area (Å²) in [5.74, 6) is -0.408. The number of anilines is 1. The normalized spacial score (nSPS) is 11.5. The molecule has 0 unspecified atom stereocenters. The van der Waals surface area contributed by atoms with Gasteiger partial charge >= 0.3 is 6.18 Å². The van der Waals surface area contributed by atoms with Crippen LogP contribution in [0, 0.1) is 13.8 Å². The smallest absolute Gasteiger partial charge is 0.314 e. The van der Waals surface area contributed by atoms with E-state index in [9.17, 15) is 18.0 Å². The summed E-state index contributed by atoms with van der Waals surface area (Å²) in [6.07, 6.45) is -4.31. The molecule has 6 heteroatoms.